The van der Waals surface area contributed by atoms with Crippen LogP contribution >= 0.6 is 0 Å². The number of rotatable bonds is 8. The highest BCUT2D eigenvalue weighted by atomic mass is 19.1. The highest BCUT2D eigenvalue weighted by molar-refractivity contribution is 5.94. The molecule has 0 atom stereocenters. The Bertz CT molecular complexity index is 1360. The van der Waals surface area contributed by atoms with Gasteiger partial charge in [0.05, 0.1) is 6.42 Å². The highest BCUT2D eigenvalue weighted by Crippen LogP contribution is 2.28. The van der Waals surface area contributed by atoms with Gasteiger partial charge in [-0.05, 0) is 80.8 Å². The van der Waals surface area contributed by atoms with Gasteiger partial charge < -0.3 is 15.1 Å². The maximum absolute atomic E-state index is 13.6. The summed E-state index contributed by atoms with van der Waals surface area (Å²) in [4.78, 5) is 43.2. The fourth-order valence-corrected chi connectivity index (χ4v) is 6.26. The van der Waals surface area contributed by atoms with E-state index in [4.69, 9.17) is 0 Å². The summed E-state index contributed by atoms with van der Waals surface area (Å²) in [6.45, 7) is 3.74. The maximum Gasteiger partial charge on any atom is 0.254 e. The van der Waals surface area contributed by atoms with E-state index in [0.29, 0.717) is 44.5 Å². The van der Waals surface area contributed by atoms with E-state index in [9.17, 15) is 18.8 Å². The van der Waals surface area contributed by atoms with E-state index >= 15 is 0 Å². The Hall–Kier alpha value is -4.00. The molecule has 1 N–H and O–H groups in total. The van der Waals surface area contributed by atoms with Crippen molar-refractivity contribution in [1.82, 2.24) is 15.1 Å². The number of amides is 3. The summed E-state index contributed by atoms with van der Waals surface area (Å²) in [6.07, 6.45) is 4.92. The standard InChI is InChI=1S/C35H40FN3O3/c1-25-6-5-9-27(22-25)24-39(35(42)29-10-12-30(36)13-11-29)32-16-14-31(15-17-32)37-34(41)28-18-20-38(21-19-28)33(40)23-26-7-3-2-4-8-26/h2-13,22,28,31-32H,14-21,23-24H2,1H3,(H,37,41). The van der Waals surface area contributed by atoms with Gasteiger partial charge in [-0.1, -0.05) is 60.2 Å². The Morgan fingerprint density at radius 3 is 2.17 bits per heavy atom. The third-order valence-corrected chi connectivity index (χ3v) is 8.69. The number of halogens is 1. The lowest BCUT2D eigenvalue weighted by atomic mass is 9.88. The van der Waals surface area contributed by atoms with Crippen molar-refractivity contribution in [1.29, 1.82) is 0 Å². The molecule has 5 rings (SSSR count). The van der Waals surface area contributed by atoms with Crippen LogP contribution in [0.25, 0.3) is 0 Å². The molecule has 3 aromatic carbocycles. The van der Waals surface area contributed by atoms with Crippen molar-refractivity contribution in [2.75, 3.05) is 13.1 Å². The Morgan fingerprint density at radius 1 is 0.833 bits per heavy atom. The van der Waals surface area contributed by atoms with Gasteiger partial charge in [0.1, 0.15) is 5.82 Å². The molecule has 42 heavy (non-hydrogen) atoms. The molecule has 6 nitrogen and oxygen atoms in total. The van der Waals surface area contributed by atoms with E-state index in [-0.39, 0.29) is 41.5 Å². The zero-order valence-corrected chi connectivity index (χ0v) is 24.3. The van der Waals surface area contributed by atoms with E-state index in [1.807, 2.05) is 65.3 Å². The number of aryl methyl sites for hydroxylation is 1. The van der Waals surface area contributed by atoms with Gasteiger partial charge in [0.15, 0.2) is 0 Å². The lowest BCUT2D eigenvalue weighted by Crippen LogP contribution is -2.48. The molecule has 1 aliphatic heterocycles. The van der Waals surface area contributed by atoms with E-state index in [1.165, 1.54) is 12.1 Å². The molecule has 0 bridgehead atoms. The normalized spacial score (nSPS) is 19.2. The molecule has 1 saturated heterocycles. The molecule has 1 saturated carbocycles. The number of carbonyl (C=O) groups excluding carboxylic acids is 3. The van der Waals surface area contributed by atoms with E-state index in [0.717, 1.165) is 42.4 Å². The predicted molar refractivity (Wildman–Crippen MR) is 161 cm³/mol. The molecule has 220 valence electrons. The Morgan fingerprint density at radius 2 is 1.50 bits per heavy atom. The van der Waals surface area contributed by atoms with Crippen molar-refractivity contribution in [3.8, 4) is 0 Å². The molecule has 2 fully saturated rings. The van der Waals surface area contributed by atoms with E-state index in [1.54, 1.807) is 12.1 Å². The van der Waals surface area contributed by atoms with Gasteiger partial charge in [0.25, 0.3) is 5.91 Å². The quantitative estimate of drug-likeness (QED) is 0.379. The molecule has 3 aromatic rings. The molecule has 0 unspecified atom stereocenters. The van der Waals surface area contributed by atoms with Crippen molar-refractivity contribution in [2.24, 2.45) is 5.92 Å². The summed E-state index contributed by atoms with van der Waals surface area (Å²) < 4.78 is 13.5. The van der Waals surface area contributed by atoms with E-state index in [2.05, 4.69) is 11.4 Å². The average molecular weight is 570 g/mol. The lowest BCUT2D eigenvalue weighted by molar-refractivity contribution is -0.135. The van der Waals surface area contributed by atoms with Crippen LogP contribution in [0.4, 0.5) is 4.39 Å². The number of benzene rings is 3. The van der Waals surface area contributed by atoms with Gasteiger partial charge in [0, 0.05) is 43.2 Å². The van der Waals surface area contributed by atoms with Crippen LogP contribution in [0.1, 0.15) is 65.6 Å². The van der Waals surface area contributed by atoms with Gasteiger partial charge in [-0.15, -0.1) is 0 Å². The number of hydrogen-bond donors (Lipinski definition) is 1. The fourth-order valence-electron chi connectivity index (χ4n) is 6.26. The predicted octanol–water partition coefficient (Wildman–Crippen LogP) is 5.69. The van der Waals surface area contributed by atoms with Gasteiger partial charge in [-0.25, -0.2) is 4.39 Å². The summed E-state index contributed by atoms with van der Waals surface area (Å²) in [5.41, 5.74) is 3.69. The summed E-state index contributed by atoms with van der Waals surface area (Å²) in [6, 6.07) is 23.8. The van der Waals surface area contributed by atoms with Gasteiger partial charge >= 0.3 is 0 Å². The summed E-state index contributed by atoms with van der Waals surface area (Å²) in [5.74, 6) is -0.354. The fraction of sp³-hybridized carbons (Fsp3) is 0.400. The monoisotopic (exact) mass is 569 g/mol. The van der Waals surface area contributed by atoms with Gasteiger partial charge in [-0.3, -0.25) is 14.4 Å². The van der Waals surface area contributed by atoms with Crippen molar-refractivity contribution in [2.45, 2.75) is 70.5 Å². The van der Waals surface area contributed by atoms with Crippen LogP contribution in [-0.2, 0) is 22.6 Å². The van der Waals surface area contributed by atoms with Crippen LogP contribution in [0, 0.1) is 18.7 Å². The molecule has 0 spiro atoms. The Labute approximate surface area is 247 Å². The summed E-state index contributed by atoms with van der Waals surface area (Å²) >= 11 is 0. The minimum atomic E-state index is -0.363. The molecule has 0 radical (unpaired) electrons. The molecular formula is C35H40FN3O3. The van der Waals surface area contributed by atoms with Crippen molar-refractivity contribution in [3.63, 3.8) is 0 Å². The second-order valence-electron chi connectivity index (χ2n) is 11.8. The summed E-state index contributed by atoms with van der Waals surface area (Å²) in [5, 5.41) is 3.27. The van der Waals surface area contributed by atoms with Gasteiger partial charge in [0.2, 0.25) is 11.8 Å². The number of nitrogens with one attached hydrogen (secondary N) is 1. The largest absolute Gasteiger partial charge is 0.353 e. The highest BCUT2D eigenvalue weighted by Gasteiger charge is 2.32. The Balaban J connectivity index is 1.13. The van der Waals surface area contributed by atoms with Crippen LogP contribution in [0.3, 0.4) is 0 Å². The minimum Gasteiger partial charge on any atom is -0.353 e. The maximum atomic E-state index is 13.6. The first kappa shape index (κ1) is 29.5. The zero-order valence-electron chi connectivity index (χ0n) is 24.3. The zero-order chi connectivity index (χ0) is 29.5. The topological polar surface area (TPSA) is 69.7 Å². The number of nitrogens with zero attached hydrogens (tertiary/aromatic N) is 2. The first-order chi connectivity index (χ1) is 20.4. The lowest BCUT2D eigenvalue weighted by Gasteiger charge is -2.38. The summed E-state index contributed by atoms with van der Waals surface area (Å²) in [7, 11) is 0. The van der Waals surface area contributed by atoms with Crippen LogP contribution < -0.4 is 5.32 Å². The smallest absolute Gasteiger partial charge is 0.254 e. The Kier molecular flexibility index (Phi) is 9.67. The van der Waals surface area contributed by atoms with Crippen LogP contribution in [0.5, 0.6) is 0 Å². The number of hydrogen-bond acceptors (Lipinski definition) is 3. The van der Waals surface area contributed by atoms with Crippen molar-refractivity contribution in [3.05, 3.63) is 107 Å². The number of piperidine rings is 1. The number of likely N-dealkylation sites (tertiary alicyclic amines) is 1. The van der Waals surface area contributed by atoms with Crippen LogP contribution in [-0.4, -0.2) is 52.7 Å². The first-order valence-electron chi connectivity index (χ1n) is 15.1. The molecule has 1 aliphatic carbocycles. The number of carbonyl (C=O) groups is 3. The second kappa shape index (κ2) is 13.8. The minimum absolute atomic E-state index is 0.0371. The van der Waals surface area contributed by atoms with Crippen LogP contribution in [0.2, 0.25) is 0 Å². The van der Waals surface area contributed by atoms with Gasteiger partial charge in [-0.2, -0.15) is 0 Å². The molecule has 2 aliphatic rings. The molecular weight excluding hydrogens is 529 g/mol. The second-order valence-corrected chi connectivity index (χ2v) is 11.8. The molecule has 1 heterocycles. The van der Waals surface area contributed by atoms with Crippen molar-refractivity contribution >= 4 is 17.7 Å². The molecule has 3 amide bonds. The first-order valence-corrected chi connectivity index (χ1v) is 15.1. The molecule has 0 aromatic heterocycles. The van der Waals surface area contributed by atoms with Crippen molar-refractivity contribution < 1.29 is 18.8 Å². The SMILES string of the molecule is Cc1cccc(CN(C(=O)c2ccc(F)cc2)C2CCC(NC(=O)C3CCN(C(=O)Cc4ccccc4)CC3)CC2)c1. The third kappa shape index (κ3) is 7.64. The third-order valence-electron chi connectivity index (χ3n) is 8.69. The van der Waals surface area contributed by atoms with Crippen LogP contribution in [0.15, 0.2) is 78.9 Å². The molecule has 7 heteroatoms. The van der Waals surface area contributed by atoms with E-state index < -0.39 is 0 Å². The average Bonchev–Trinajstić information content (AvgIpc) is 3.01.